The average molecular weight is 387 g/mol. The second kappa shape index (κ2) is 10.1. The number of nitrogens with zero attached hydrogens (tertiary/aromatic N) is 3. The second-order valence-corrected chi connectivity index (χ2v) is 6.91. The van der Waals surface area contributed by atoms with Crippen LogP contribution in [0.15, 0.2) is 35.3 Å². The number of rotatable bonds is 5. The number of piperazine rings is 1. The van der Waals surface area contributed by atoms with Crippen LogP contribution in [0.25, 0.3) is 0 Å². The van der Waals surface area contributed by atoms with Gasteiger partial charge in [0.15, 0.2) is 5.96 Å². The third-order valence-corrected chi connectivity index (χ3v) is 5.04. The lowest BCUT2D eigenvalue weighted by atomic mass is 10.2. The molecule has 0 saturated carbocycles. The van der Waals surface area contributed by atoms with Crippen molar-refractivity contribution in [2.24, 2.45) is 4.99 Å². The molecule has 8 nitrogen and oxygen atoms in total. The fourth-order valence-electron chi connectivity index (χ4n) is 3.49. The van der Waals surface area contributed by atoms with E-state index in [0.717, 1.165) is 31.9 Å². The van der Waals surface area contributed by atoms with Crippen molar-refractivity contribution in [3.05, 3.63) is 35.9 Å². The highest BCUT2D eigenvalue weighted by Gasteiger charge is 2.30. The molecule has 1 atom stereocenters. The molecule has 2 aliphatic rings. The van der Waals surface area contributed by atoms with Crippen LogP contribution in [-0.4, -0.2) is 86.6 Å². The number of aliphatic imine (C=N–C) groups is 1. The number of carbonyl (C=O) groups excluding carboxylic acids is 2. The van der Waals surface area contributed by atoms with Crippen molar-refractivity contribution in [3.8, 4) is 0 Å². The summed E-state index contributed by atoms with van der Waals surface area (Å²) in [6.45, 7) is 4.58. The summed E-state index contributed by atoms with van der Waals surface area (Å²) in [6, 6.07) is 9.16. The number of hydrogen-bond donors (Lipinski definition) is 2. The van der Waals surface area contributed by atoms with E-state index in [2.05, 4.69) is 20.5 Å². The van der Waals surface area contributed by atoms with Crippen LogP contribution < -0.4 is 10.6 Å². The average Bonchev–Trinajstić information content (AvgIpc) is 3.29. The zero-order chi connectivity index (χ0) is 19.8. The molecule has 0 aliphatic carbocycles. The van der Waals surface area contributed by atoms with Gasteiger partial charge in [-0.05, 0) is 25.0 Å². The molecule has 2 amide bonds. The van der Waals surface area contributed by atoms with E-state index >= 15 is 0 Å². The third kappa shape index (κ3) is 5.22. The van der Waals surface area contributed by atoms with Crippen molar-refractivity contribution in [2.75, 3.05) is 52.9 Å². The van der Waals surface area contributed by atoms with Crippen molar-refractivity contribution >= 4 is 17.8 Å². The van der Waals surface area contributed by atoms with Gasteiger partial charge >= 0.3 is 0 Å². The lowest BCUT2D eigenvalue weighted by Gasteiger charge is -2.37. The number of guanidine groups is 1. The second-order valence-electron chi connectivity index (χ2n) is 6.91. The Morgan fingerprint density at radius 2 is 1.75 bits per heavy atom. The minimum atomic E-state index is -0.253. The van der Waals surface area contributed by atoms with Crippen LogP contribution in [0.4, 0.5) is 0 Å². The van der Waals surface area contributed by atoms with Gasteiger partial charge in [-0.15, -0.1) is 0 Å². The maximum Gasteiger partial charge on any atom is 0.251 e. The fraction of sp³-hybridized carbons (Fsp3) is 0.550. The van der Waals surface area contributed by atoms with Crippen LogP contribution in [-0.2, 0) is 9.53 Å². The van der Waals surface area contributed by atoms with Gasteiger partial charge in [0, 0.05) is 58.5 Å². The number of nitrogens with one attached hydrogen (secondary N) is 2. The standard InChI is InChI=1S/C20H29N5O3/c1-21-20(23-10-9-22-18(26)16-6-3-2-4-7-16)25-13-11-24(12-14-25)19(27)17-8-5-15-28-17/h2-4,6-7,17H,5,8-15H2,1H3,(H,21,23)(H,22,26). The highest BCUT2D eigenvalue weighted by molar-refractivity contribution is 5.94. The van der Waals surface area contributed by atoms with Gasteiger partial charge in [0.1, 0.15) is 6.10 Å². The van der Waals surface area contributed by atoms with E-state index in [1.54, 1.807) is 19.2 Å². The van der Waals surface area contributed by atoms with Gasteiger partial charge in [0.05, 0.1) is 0 Å². The Kier molecular flexibility index (Phi) is 7.25. The Balaban J connectivity index is 1.37. The molecule has 8 heteroatoms. The van der Waals surface area contributed by atoms with Gasteiger partial charge in [-0.25, -0.2) is 0 Å². The quantitative estimate of drug-likeness (QED) is 0.432. The summed E-state index contributed by atoms with van der Waals surface area (Å²) in [5.41, 5.74) is 0.652. The minimum Gasteiger partial charge on any atom is -0.368 e. The Morgan fingerprint density at radius 1 is 1.07 bits per heavy atom. The molecule has 2 N–H and O–H groups in total. The fourth-order valence-corrected chi connectivity index (χ4v) is 3.49. The van der Waals surface area contributed by atoms with E-state index in [4.69, 9.17) is 4.74 Å². The molecule has 1 aromatic rings. The van der Waals surface area contributed by atoms with Crippen LogP contribution >= 0.6 is 0 Å². The van der Waals surface area contributed by atoms with Crippen molar-refractivity contribution in [1.82, 2.24) is 20.4 Å². The van der Waals surface area contributed by atoms with Crippen LogP contribution in [0, 0.1) is 0 Å². The van der Waals surface area contributed by atoms with Crippen molar-refractivity contribution in [1.29, 1.82) is 0 Å². The summed E-state index contributed by atoms with van der Waals surface area (Å²) in [6.07, 6.45) is 1.54. The molecule has 1 aromatic carbocycles. The summed E-state index contributed by atoms with van der Waals surface area (Å²) in [5.74, 6) is 0.820. The molecule has 0 aromatic heterocycles. The number of hydrogen-bond acceptors (Lipinski definition) is 4. The van der Waals surface area contributed by atoms with Crippen molar-refractivity contribution in [2.45, 2.75) is 18.9 Å². The normalized spacial score (nSPS) is 20.2. The monoisotopic (exact) mass is 387 g/mol. The smallest absolute Gasteiger partial charge is 0.251 e. The SMILES string of the molecule is CN=C(NCCNC(=O)c1ccccc1)N1CCN(C(=O)C2CCCO2)CC1. The van der Waals surface area contributed by atoms with E-state index in [-0.39, 0.29) is 17.9 Å². The largest absolute Gasteiger partial charge is 0.368 e. The lowest BCUT2D eigenvalue weighted by Crippen LogP contribution is -2.55. The Hall–Kier alpha value is -2.61. The molecular weight excluding hydrogens is 358 g/mol. The van der Waals surface area contributed by atoms with Crippen molar-refractivity contribution in [3.63, 3.8) is 0 Å². The van der Waals surface area contributed by atoms with E-state index in [0.29, 0.717) is 38.3 Å². The molecule has 2 fully saturated rings. The molecule has 152 valence electrons. The van der Waals surface area contributed by atoms with E-state index in [1.807, 2.05) is 23.1 Å². The summed E-state index contributed by atoms with van der Waals surface area (Å²) >= 11 is 0. The van der Waals surface area contributed by atoms with Crippen molar-refractivity contribution < 1.29 is 14.3 Å². The molecule has 1 unspecified atom stereocenters. The maximum atomic E-state index is 12.4. The molecule has 28 heavy (non-hydrogen) atoms. The maximum absolute atomic E-state index is 12.4. The van der Waals surface area contributed by atoms with Crippen LogP contribution in [0.1, 0.15) is 23.2 Å². The molecule has 0 radical (unpaired) electrons. The van der Waals surface area contributed by atoms with Gasteiger partial charge in [-0.3, -0.25) is 14.6 Å². The first-order chi connectivity index (χ1) is 13.7. The Bertz CT molecular complexity index is 680. The Morgan fingerprint density at radius 3 is 2.39 bits per heavy atom. The summed E-state index contributed by atoms with van der Waals surface area (Å²) < 4.78 is 5.50. The van der Waals surface area contributed by atoms with E-state index in [9.17, 15) is 9.59 Å². The number of ether oxygens (including phenoxy) is 1. The summed E-state index contributed by atoms with van der Waals surface area (Å²) in [4.78, 5) is 32.8. The van der Waals surface area contributed by atoms with E-state index in [1.165, 1.54) is 0 Å². The highest BCUT2D eigenvalue weighted by Crippen LogP contribution is 2.16. The third-order valence-electron chi connectivity index (χ3n) is 5.04. The molecular formula is C20H29N5O3. The molecule has 0 spiro atoms. The van der Waals surface area contributed by atoms with Gasteiger partial charge in [0.2, 0.25) is 0 Å². The van der Waals surface area contributed by atoms with Gasteiger partial charge in [-0.2, -0.15) is 0 Å². The van der Waals surface area contributed by atoms with Crippen LogP contribution in [0.3, 0.4) is 0 Å². The van der Waals surface area contributed by atoms with Gasteiger partial charge in [0.25, 0.3) is 11.8 Å². The number of carbonyl (C=O) groups is 2. The Labute approximate surface area is 165 Å². The number of benzene rings is 1. The predicted molar refractivity (Wildman–Crippen MR) is 107 cm³/mol. The first-order valence-electron chi connectivity index (χ1n) is 9.88. The zero-order valence-corrected chi connectivity index (χ0v) is 16.4. The van der Waals surface area contributed by atoms with Gasteiger partial charge in [-0.1, -0.05) is 18.2 Å². The topological polar surface area (TPSA) is 86.3 Å². The molecule has 3 rings (SSSR count). The van der Waals surface area contributed by atoms with Crippen LogP contribution in [0.5, 0.6) is 0 Å². The highest BCUT2D eigenvalue weighted by atomic mass is 16.5. The summed E-state index contributed by atoms with van der Waals surface area (Å²) in [7, 11) is 1.74. The predicted octanol–water partition coefficient (Wildman–Crippen LogP) is 0.315. The minimum absolute atomic E-state index is 0.0846. The molecule has 2 saturated heterocycles. The van der Waals surface area contributed by atoms with Gasteiger partial charge < -0.3 is 25.2 Å². The zero-order valence-electron chi connectivity index (χ0n) is 16.4. The first-order valence-corrected chi connectivity index (χ1v) is 9.88. The molecule has 0 bridgehead atoms. The van der Waals surface area contributed by atoms with E-state index < -0.39 is 0 Å². The summed E-state index contributed by atoms with van der Waals surface area (Å²) in [5, 5.41) is 6.17. The first kappa shape index (κ1) is 20.1. The van der Waals surface area contributed by atoms with Crippen LogP contribution in [0.2, 0.25) is 0 Å². The number of amides is 2. The lowest BCUT2D eigenvalue weighted by molar-refractivity contribution is -0.142. The molecule has 2 aliphatic heterocycles. The molecule has 2 heterocycles.